The van der Waals surface area contributed by atoms with Gasteiger partial charge in [0, 0.05) is 13.0 Å². The van der Waals surface area contributed by atoms with E-state index in [-0.39, 0.29) is 11.8 Å². The monoisotopic (exact) mass is 260 g/mol. The largest absolute Gasteiger partial charge is 0.467 e. The second-order valence-electron chi connectivity index (χ2n) is 4.16. The average Bonchev–Trinajstić information content (AvgIpc) is 2.35. The van der Waals surface area contributed by atoms with Crippen LogP contribution in [0.25, 0.3) is 0 Å². The number of carbonyl (C=O) groups is 2. The molecule has 0 saturated heterocycles. The number of rotatable bonds is 11. The van der Waals surface area contributed by atoms with Crippen LogP contribution in [-0.2, 0) is 23.8 Å². The number of ether oxygens (including phenoxy) is 3. The van der Waals surface area contributed by atoms with E-state index in [2.05, 4.69) is 4.74 Å². The zero-order valence-electron chi connectivity index (χ0n) is 11.6. The molecule has 0 aromatic rings. The minimum atomic E-state index is -0.547. The number of carbonyl (C=O) groups excluding carboxylic acids is 2. The van der Waals surface area contributed by atoms with Gasteiger partial charge in [-0.05, 0) is 26.7 Å². The Balaban J connectivity index is 3.21. The highest BCUT2D eigenvalue weighted by Gasteiger charge is 2.12. The van der Waals surface area contributed by atoms with E-state index in [1.54, 1.807) is 13.8 Å². The molecule has 0 spiro atoms. The molecule has 0 bridgehead atoms. The summed E-state index contributed by atoms with van der Waals surface area (Å²) < 4.78 is 15.1. The Morgan fingerprint density at radius 3 is 2.39 bits per heavy atom. The zero-order valence-corrected chi connectivity index (χ0v) is 11.6. The van der Waals surface area contributed by atoms with Crippen LogP contribution in [0.1, 0.15) is 39.5 Å². The van der Waals surface area contributed by atoms with E-state index >= 15 is 0 Å². The minimum Gasteiger partial charge on any atom is -0.467 e. The third-order valence-electron chi connectivity index (χ3n) is 2.45. The van der Waals surface area contributed by atoms with Gasteiger partial charge >= 0.3 is 5.97 Å². The Morgan fingerprint density at radius 1 is 1.06 bits per heavy atom. The fourth-order valence-corrected chi connectivity index (χ4v) is 1.37. The first kappa shape index (κ1) is 17.1. The SMILES string of the molecule is COC(=O)C(C)OCCOCCCCCC(C)=O. The van der Waals surface area contributed by atoms with Crippen molar-refractivity contribution >= 4 is 11.8 Å². The lowest BCUT2D eigenvalue weighted by atomic mass is 10.1. The van der Waals surface area contributed by atoms with Gasteiger partial charge in [0.2, 0.25) is 0 Å². The van der Waals surface area contributed by atoms with E-state index in [0.717, 1.165) is 19.3 Å². The summed E-state index contributed by atoms with van der Waals surface area (Å²) in [5, 5.41) is 0. The summed E-state index contributed by atoms with van der Waals surface area (Å²) >= 11 is 0. The number of hydrogen-bond acceptors (Lipinski definition) is 5. The molecular formula is C13H24O5. The van der Waals surface area contributed by atoms with Crippen molar-refractivity contribution in [3.05, 3.63) is 0 Å². The first-order chi connectivity index (χ1) is 8.57. The van der Waals surface area contributed by atoms with Gasteiger partial charge in [0.05, 0.1) is 20.3 Å². The Labute approximate surface area is 109 Å². The minimum absolute atomic E-state index is 0.237. The van der Waals surface area contributed by atoms with Crippen molar-refractivity contribution in [2.45, 2.75) is 45.6 Å². The van der Waals surface area contributed by atoms with Gasteiger partial charge in [-0.15, -0.1) is 0 Å². The van der Waals surface area contributed by atoms with Crippen molar-refractivity contribution in [1.29, 1.82) is 0 Å². The van der Waals surface area contributed by atoms with E-state index in [1.165, 1.54) is 7.11 Å². The Kier molecular flexibility index (Phi) is 10.6. The molecule has 0 N–H and O–H groups in total. The third kappa shape index (κ3) is 10.2. The third-order valence-corrected chi connectivity index (χ3v) is 2.45. The molecule has 0 rings (SSSR count). The molecule has 0 aliphatic carbocycles. The van der Waals surface area contributed by atoms with Crippen LogP contribution >= 0.6 is 0 Å². The smallest absolute Gasteiger partial charge is 0.334 e. The summed E-state index contributed by atoms with van der Waals surface area (Å²) in [6, 6.07) is 0. The van der Waals surface area contributed by atoms with Gasteiger partial charge in [0.25, 0.3) is 0 Å². The predicted octanol–water partition coefficient (Wildman–Crippen LogP) is 1.73. The van der Waals surface area contributed by atoms with E-state index in [4.69, 9.17) is 9.47 Å². The second kappa shape index (κ2) is 11.2. The molecule has 0 aromatic heterocycles. The van der Waals surface area contributed by atoms with Gasteiger partial charge in [0.15, 0.2) is 6.10 Å². The first-order valence-electron chi connectivity index (χ1n) is 6.34. The summed E-state index contributed by atoms with van der Waals surface area (Å²) in [5.41, 5.74) is 0. The average molecular weight is 260 g/mol. The number of methoxy groups -OCH3 is 1. The fourth-order valence-electron chi connectivity index (χ4n) is 1.37. The normalized spacial score (nSPS) is 12.2. The number of unbranched alkanes of at least 4 members (excludes halogenated alkanes) is 2. The topological polar surface area (TPSA) is 61.8 Å². The molecule has 1 atom stereocenters. The molecule has 18 heavy (non-hydrogen) atoms. The van der Waals surface area contributed by atoms with E-state index in [9.17, 15) is 9.59 Å². The molecule has 0 aliphatic heterocycles. The maximum atomic E-state index is 11.0. The van der Waals surface area contributed by atoms with Crippen molar-refractivity contribution in [2.75, 3.05) is 26.9 Å². The van der Waals surface area contributed by atoms with Gasteiger partial charge in [-0.25, -0.2) is 4.79 Å². The van der Waals surface area contributed by atoms with Crippen LogP contribution in [0.5, 0.6) is 0 Å². The van der Waals surface area contributed by atoms with Crippen LogP contribution in [0.3, 0.4) is 0 Å². The molecule has 1 unspecified atom stereocenters. The number of esters is 1. The van der Waals surface area contributed by atoms with Gasteiger partial charge in [-0.2, -0.15) is 0 Å². The summed E-state index contributed by atoms with van der Waals surface area (Å²) in [7, 11) is 1.33. The summed E-state index contributed by atoms with van der Waals surface area (Å²) in [6.45, 7) is 4.76. The lowest BCUT2D eigenvalue weighted by molar-refractivity contribution is -0.153. The van der Waals surface area contributed by atoms with Gasteiger partial charge < -0.3 is 19.0 Å². The van der Waals surface area contributed by atoms with Gasteiger partial charge in [-0.1, -0.05) is 6.42 Å². The van der Waals surface area contributed by atoms with Crippen LogP contribution in [0.15, 0.2) is 0 Å². The van der Waals surface area contributed by atoms with Crippen LogP contribution < -0.4 is 0 Å². The van der Waals surface area contributed by atoms with Crippen LogP contribution in [-0.4, -0.2) is 44.8 Å². The van der Waals surface area contributed by atoms with E-state index in [0.29, 0.717) is 26.2 Å². The van der Waals surface area contributed by atoms with Crippen molar-refractivity contribution in [2.24, 2.45) is 0 Å². The Morgan fingerprint density at radius 2 is 1.78 bits per heavy atom. The zero-order chi connectivity index (χ0) is 13.8. The molecule has 106 valence electrons. The van der Waals surface area contributed by atoms with Crippen molar-refractivity contribution in [3.8, 4) is 0 Å². The molecule has 0 fully saturated rings. The lowest BCUT2D eigenvalue weighted by Gasteiger charge is -2.10. The van der Waals surface area contributed by atoms with Crippen LogP contribution in [0.2, 0.25) is 0 Å². The number of Topliss-reactive ketones (excluding diaryl/α,β-unsaturated/α-hetero) is 1. The standard InChI is InChI=1S/C13H24O5/c1-11(14)7-5-4-6-8-17-9-10-18-12(2)13(15)16-3/h12H,4-10H2,1-3H3. The Hall–Kier alpha value is -0.940. The summed E-state index contributed by atoms with van der Waals surface area (Å²) in [5.74, 6) is -0.139. The molecular weight excluding hydrogens is 236 g/mol. The highest BCUT2D eigenvalue weighted by atomic mass is 16.6. The van der Waals surface area contributed by atoms with E-state index < -0.39 is 6.10 Å². The fraction of sp³-hybridized carbons (Fsp3) is 0.846. The predicted molar refractivity (Wildman–Crippen MR) is 67.4 cm³/mol. The molecule has 0 amide bonds. The number of ketones is 1. The molecule has 0 heterocycles. The summed E-state index contributed by atoms with van der Waals surface area (Å²) in [4.78, 5) is 21.7. The maximum Gasteiger partial charge on any atom is 0.334 e. The molecule has 0 aromatic carbocycles. The molecule has 5 heteroatoms. The maximum absolute atomic E-state index is 11.0. The van der Waals surface area contributed by atoms with Gasteiger partial charge in [0.1, 0.15) is 5.78 Å². The summed E-state index contributed by atoms with van der Waals surface area (Å²) in [6.07, 6.45) is 2.97. The van der Waals surface area contributed by atoms with Crippen molar-refractivity contribution < 1.29 is 23.8 Å². The Bertz CT molecular complexity index is 240. The molecule has 0 aliphatic rings. The lowest BCUT2D eigenvalue weighted by Crippen LogP contribution is -2.23. The second-order valence-corrected chi connectivity index (χ2v) is 4.16. The van der Waals surface area contributed by atoms with Crippen LogP contribution in [0, 0.1) is 0 Å². The first-order valence-corrected chi connectivity index (χ1v) is 6.34. The highest BCUT2D eigenvalue weighted by Crippen LogP contribution is 2.00. The number of hydrogen-bond donors (Lipinski definition) is 0. The molecule has 5 nitrogen and oxygen atoms in total. The van der Waals surface area contributed by atoms with Crippen molar-refractivity contribution in [3.63, 3.8) is 0 Å². The van der Waals surface area contributed by atoms with E-state index in [1.807, 2.05) is 0 Å². The molecule has 0 saturated carbocycles. The van der Waals surface area contributed by atoms with Crippen molar-refractivity contribution in [1.82, 2.24) is 0 Å². The van der Waals surface area contributed by atoms with Crippen LogP contribution in [0.4, 0.5) is 0 Å². The molecule has 0 radical (unpaired) electrons. The highest BCUT2D eigenvalue weighted by molar-refractivity contribution is 5.75. The quantitative estimate of drug-likeness (QED) is 0.418. The van der Waals surface area contributed by atoms with Gasteiger partial charge in [-0.3, -0.25) is 0 Å².